The van der Waals surface area contributed by atoms with Crippen LogP contribution < -0.4 is 10.1 Å². The van der Waals surface area contributed by atoms with E-state index in [1.54, 1.807) is 0 Å². The van der Waals surface area contributed by atoms with E-state index in [9.17, 15) is 5.11 Å². The fourth-order valence-electron chi connectivity index (χ4n) is 1.89. The molecule has 0 spiro atoms. The highest BCUT2D eigenvalue weighted by molar-refractivity contribution is 5.26. The Bertz CT molecular complexity index is 380. The molecule has 0 saturated heterocycles. The van der Waals surface area contributed by atoms with Gasteiger partial charge in [0.2, 0.25) is 0 Å². The Labute approximate surface area is 121 Å². The zero-order valence-corrected chi connectivity index (χ0v) is 12.7. The average molecular weight is 281 g/mol. The average Bonchev–Trinajstić information content (AvgIpc) is 2.45. The van der Waals surface area contributed by atoms with Crippen LogP contribution in [0.3, 0.4) is 0 Å². The maximum absolute atomic E-state index is 9.94. The van der Waals surface area contributed by atoms with Crippen LogP contribution >= 0.6 is 0 Å². The van der Waals surface area contributed by atoms with E-state index >= 15 is 0 Å². The second-order valence-corrected chi connectivity index (χ2v) is 5.55. The van der Waals surface area contributed by atoms with E-state index in [1.165, 1.54) is 5.56 Å². The predicted molar refractivity (Wildman–Crippen MR) is 81.1 cm³/mol. The molecule has 0 aliphatic heterocycles. The Morgan fingerprint density at radius 2 is 1.95 bits per heavy atom. The molecule has 0 heterocycles. The highest BCUT2D eigenvalue weighted by Gasteiger charge is 2.21. The number of benzene rings is 1. The van der Waals surface area contributed by atoms with Crippen LogP contribution in [0, 0.1) is 6.92 Å². The van der Waals surface area contributed by atoms with Crippen molar-refractivity contribution in [1.29, 1.82) is 0 Å². The topological polar surface area (TPSA) is 61.7 Å². The second kappa shape index (κ2) is 8.25. The summed E-state index contributed by atoms with van der Waals surface area (Å²) in [6.45, 7) is 7.00. The lowest BCUT2D eigenvalue weighted by Gasteiger charge is -2.30. The molecule has 0 saturated carbocycles. The van der Waals surface area contributed by atoms with Crippen molar-refractivity contribution in [2.45, 2.75) is 45.3 Å². The first-order valence-corrected chi connectivity index (χ1v) is 7.22. The summed E-state index contributed by atoms with van der Waals surface area (Å²) in [6.07, 6.45) is 1.01. The molecule has 0 radical (unpaired) electrons. The normalized spacial score (nSPS) is 15.7. The Balaban J connectivity index is 2.32. The van der Waals surface area contributed by atoms with Crippen LogP contribution in [0.25, 0.3) is 0 Å². The third-order valence-corrected chi connectivity index (χ3v) is 3.67. The number of hydrogen-bond acceptors (Lipinski definition) is 4. The van der Waals surface area contributed by atoms with Crippen LogP contribution in [-0.2, 0) is 0 Å². The highest BCUT2D eigenvalue weighted by atomic mass is 16.5. The van der Waals surface area contributed by atoms with Gasteiger partial charge in [-0.1, -0.05) is 24.6 Å². The molecule has 114 valence electrons. The molecule has 1 aromatic carbocycles. The maximum atomic E-state index is 9.94. The van der Waals surface area contributed by atoms with E-state index < -0.39 is 6.10 Å². The Kier molecular flexibility index (Phi) is 6.99. The summed E-state index contributed by atoms with van der Waals surface area (Å²) < 4.78 is 5.54. The van der Waals surface area contributed by atoms with Gasteiger partial charge in [-0.3, -0.25) is 0 Å². The largest absolute Gasteiger partial charge is 0.491 e. The fourth-order valence-corrected chi connectivity index (χ4v) is 1.89. The van der Waals surface area contributed by atoms with Crippen LogP contribution in [-0.4, -0.2) is 41.6 Å². The van der Waals surface area contributed by atoms with E-state index in [1.807, 2.05) is 31.2 Å². The number of aliphatic hydroxyl groups is 2. The second-order valence-electron chi connectivity index (χ2n) is 5.55. The molecule has 1 rings (SSSR count). The Morgan fingerprint density at radius 3 is 2.50 bits per heavy atom. The first-order chi connectivity index (χ1) is 9.49. The lowest BCUT2D eigenvalue weighted by molar-refractivity contribution is 0.0934. The summed E-state index contributed by atoms with van der Waals surface area (Å²) in [7, 11) is 0. The molecular weight excluding hydrogens is 254 g/mol. The van der Waals surface area contributed by atoms with Crippen LogP contribution in [0.2, 0.25) is 0 Å². The molecule has 1 aromatic rings. The minimum absolute atomic E-state index is 0.139. The summed E-state index contributed by atoms with van der Waals surface area (Å²) in [6, 6.07) is 7.76. The molecule has 2 atom stereocenters. The molecule has 4 nitrogen and oxygen atoms in total. The quantitative estimate of drug-likeness (QED) is 0.647. The van der Waals surface area contributed by atoms with Gasteiger partial charge in [0.05, 0.1) is 0 Å². The van der Waals surface area contributed by atoms with Crippen LogP contribution in [0.1, 0.15) is 32.3 Å². The minimum atomic E-state index is -0.569. The van der Waals surface area contributed by atoms with E-state index in [0.717, 1.165) is 12.2 Å². The van der Waals surface area contributed by atoms with Gasteiger partial charge in [0.15, 0.2) is 0 Å². The van der Waals surface area contributed by atoms with Gasteiger partial charge in [-0.15, -0.1) is 0 Å². The standard InChI is InChI=1S/C16H27NO3/c1-4-16(3,9-10-18)17-11-14(19)12-20-15-7-5-13(2)6-8-15/h5-8,14,17-19H,4,9-12H2,1-3H3. The molecule has 0 aliphatic rings. The van der Waals surface area contributed by atoms with Crippen LogP contribution in [0.5, 0.6) is 5.75 Å². The smallest absolute Gasteiger partial charge is 0.119 e. The van der Waals surface area contributed by atoms with Crippen molar-refractivity contribution in [2.75, 3.05) is 19.8 Å². The lowest BCUT2D eigenvalue weighted by Crippen LogP contribution is -2.47. The van der Waals surface area contributed by atoms with E-state index in [-0.39, 0.29) is 18.8 Å². The Hall–Kier alpha value is -1.10. The van der Waals surface area contributed by atoms with Crippen molar-refractivity contribution in [1.82, 2.24) is 5.32 Å². The minimum Gasteiger partial charge on any atom is -0.491 e. The van der Waals surface area contributed by atoms with Crippen molar-refractivity contribution in [3.8, 4) is 5.75 Å². The van der Waals surface area contributed by atoms with Gasteiger partial charge in [-0.2, -0.15) is 0 Å². The number of hydrogen-bond donors (Lipinski definition) is 3. The van der Waals surface area contributed by atoms with Crippen LogP contribution in [0.15, 0.2) is 24.3 Å². The van der Waals surface area contributed by atoms with Gasteiger partial charge in [0, 0.05) is 18.7 Å². The first kappa shape index (κ1) is 17.0. The predicted octanol–water partition coefficient (Wildman–Crippen LogP) is 1.88. The number of aryl methyl sites for hydroxylation is 1. The van der Waals surface area contributed by atoms with E-state index in [2.05, 4.69) is 19.2 Å². The zero-order valence-electron chi connectivity index (χ0n) is 12.7. The fraction of sp³-hybridized carbons (Fsp3) is 0.625. The van der Waals surface area contributed by atoms with Crippen molar-refractivity contribution < 1.29 is 14.9 Å². The Morgan fingerprint density at radius 1 is 1.30 bits per heavy atom. The molecule has 0 amide bonds. The third kappa shape index (κ3) is 5.90. The monoisotopic (exact) mass is 281 g/mol. The van der Waals surface area contributed by atoms with Crippen molar-refractivity contribution in [3.05, 3.63) is 29.8 Å². The van der Waals surface area contributed by atoms with Gasteiger partial charge in [-0.25, -0.2) is 0 Å². The van der Waals surface area contributed by atoms with Crippen LogP contribution in [0.4, 0.5) is 0 Å². The number of aliphatic hydroxyl groups excluding tert-OH is 2. The number of rotatable bonds is 9. The van der Waals surface area contributed by atoms with E-state index in [0.29, 0.717) is 13.0 Å². The third-order valence-electron chi connectivity index (χ3n) is 3.67. The molecule has 0 fully saturated rings. The number of β-amino-alcohol motifs (C(OH)–C–C–N with tert-alkyl or cyclic N) is 1. The lowest BCUT2D eigenvalue weighted by atomic mass is 9.95. The number of nitrogens with one attached hydrogen (secondary N) is 1. The van der Waals surface area contributed by atoms with Crippen molar-refractivity contribution >= 4 is 0 Å². The first-order valence-electron chi connectivity index (χ1n) is 7.22. The summed E-state index contributed by atoms with van der Waals surface area (Å²) in [5.41, 5.74) is 1.04. The summed E-state index contributed by atoms with van der Waals surface area (Å²) in [5.74, 6) is 0.767. The molecule has 0 bridgehead atoms. The molecule has 4 heteroatoms. The SMILES string of the molecule is CCC(C)(CCO)NCC(O)COc1ccc(C)cc1. The molecule has 2 unspecified atom stereocenters. The molecule has 3 N–H and O–H groups in total. The summed E-state index contributed by atoms with van der Waals surface area (Å²) >= 11 is 0. The van der Waals surface area contributed by atoms with Crippen molar-refractivity contribution in [2.24, 2.45) is 0 Å². The zero-order chi connectivity index (χ0) is 15.0. The van der Waals surface area contributed by atoms with Crippen molar-refractivity contribution in [3.63, 3.8) is 0 Å². The van der Waals surface area contributed by atoms with Gasteiger partial charge >= 0.3 is 0 Å². The molecule has 20 heavy (non-hydrogen) atoms. The van der Waals surface area contributed by atoms with Gasteiger partial charge in [0.25, 0.3) is 0 Å². The molecule has 0 aromatic heterocycles. The van der Waals surface area contributed by atoms with E-state index in [4.69, 9.17) is 9.84 Å². The maximum Gasteiger partial charge on any atom is 0.119 e. The summed E-state index contributed by atoms with van der Waals surface area (Å²) in [5, 5.41) is 22.3. The van der Waals surface area contributed by atoms with Gasteiger partial charge < -0.3 is 20.3 Å². The van der Waals surface area contributed by atoms with Gasteiger partial charge in [0.1, 0.15) is 18.5 Å². The molecular formula is C16H27NO3. The number of ether oxygens (including phenoxy) is 1. The summed E-state index contributed by atoms with van der Waals surface area (Å²) in [4.78, 5) is 0. The highest BCUT2D eigenvalue weighted by Crippen LogP contribution is 2.14. The van der Waals surface area contributed by atoms with Gasteiger partial charge in [-0.05, 0) is 38.8 Å². The molecule has 0 aliphatic carbocycles.